The Bertz CT molecular complexity index is 707. The van der Waals surface area contributed by atoms with Crippen molar-refractivity contribution < 1.29 is 9.59 Å². The Morgan fingerprint density at radius 1 is 1.29 bits per heavy atom. The van der Waals surface area contributed by atoms with Crippen LogP contribution in [0.25, 0.3) is 0 Å². The smallest absolute Gasteiger partial charge is 0.268 e. The van der Waals surface area contributed by atoms with Gasteiger partial charge in [0.1, 0.15) is 5.69 Å². The minimum Gasteiger partial charge on any atom is -0.364 e. The molecule has 5 nitrogen and oxygen atoms in total. The van der Waals surface area contributed by atoms with Crippen molar-refractivity contribution in [3.63, 3.8) is 0 Å². The number of halogens is 1. The molecule has 3 N–H and O–H groups in total. The molecule has 0 radical (unpaired) electrons. The normalized spacial score (nSPS) is 15.5. The van der Waals surface area contributed by atoms with Gasteiger partial charge in [-0.1, -0.05) is 28.1 Å². The summed E-state index contributed by atoms with van der Waals surface area (Å²) in [6.45, 7) is 0. The zero-order chi connectivity index (χ0) is 15.0. The average Bonchev–Trinajstić information content (AvgIpc) is 3.13. The fourth-order valence-corrected chi connectivity index (χ4v) is 3.16. The van der Waals surface area contributed by atoms with Gasteiger partial charge in [0, 0.05) is 9.85 Å². The molecular weight excluding hydrogens is 354 g/mol. The number of carbonyl (C=O) groups is 2. The van der Waals surface area contributed by atoms with E-state index in [2.05, 4.69) is 26.2 Å². The average molecular weight is 366 g/mol. The second-order valence-electron chi connectivity index (χ2n) is 4.95. The lowest BCUT2D eigenvalue weighted by atomic mass is 9.95. The lowest BCUT2D eigenvalue weighted by Gasteiger charge is -2.14. The molecule has 2 amide bonds. The zero-order valence-electron chi connectivity index (χ0n) is 10.9. The van der Waals surface area contributed by atoms with Crippen molar-refractivity contribution in [1.29, 1.82) is 0 Å². The highest BCUT2D eigenvalue weighted by Crippen LogP contribution is 2.49. The van der Waals surface area contributed by atoms with E-state index in [1.54, 1.807) is 0 Å². The van der Waals surface area contributed by atoms with Crippen LogP contribution in [0.5, 0.6) is 0 Å². The number of rotatable bonds is 4. The third-order valence-corrected chi connectivity index (χ3v) is 4.84. The first kappa shape index (κ1) is 14.2. The van der Waals surface area contributed by atoms with Gasteiger partial charge in [0.05, 0.1) is 5.41 Å². The molecule has 21 heavy (non-hydrogen) atoms. The number of amides is 2. The van der Waals surface area contributed by atoms with Crippen molar-refractivity contribution in [2.24, 2.45) is 5.73 Å². The van der Waals surface area contributed by atoms with Crippen LogP contribution in [0.3, 0.4) is 0 Å². The number of thiazole rings is 1. The molecule has 1 aliphatic rings. The van der Waals surface area contributed by atoms with Crippen molar-refractivity contribution >= 4 is 44.2 Å². The molecule has 1 fully saturated rings. The Balaban J connectivity index is 1.78. The van der Waals surface area contributed by atoms with Crippen LogP contribution >= 0.6 is 27.3 Å². The first-order chi connectivity index (χ1) is 10.0. The van der Waals surface area contributed by atoms with Crippen LogP contribution in [0, 0.1) is 0 Å². The summed E-state index contributed by atoms with van der Waals surface area (Å²) in [4.78, 5) is 27.5. The molecule has 0 bridgehead atoms. The summed E-state index contributed by atoms with van der Waals surface area (Å²) >= 11 is 4.58. The van der Waals surface area contributed by atoms with E-state index in [-0.39, 0.29) is 11.6 Å². The van der Waals surface area contributed by atoms with Crippen molar-refractivity contribution in [2.45, 2.75) is 18.3 Å². The van der Waals surface area contributed by atoms with E-state index >= 15 is 0 Å². The van der Waals surface area contributed by atoms with Gasteiger partial charge in [-0.25, -0.2) is 4.98 Å². The summed E-state index contributed by atoms with van der Waals surface area (Å²) in [5.41, 5.74) is 5.84. The number of anilines is 1. The predicted octanol–water partition coefficient (Wildman–Crippen LogP) is 2.67. The number of primary amides is 1. The van der Waals surface area contributed by atoms with Gasteiger partial charge in [-0.15, -0.1) is 11.3 Å². The largest absolute Gasteiger partial charge is 0.364 e. The van der Waals surface area contributed by atoms with E-state index < -0.39 is 11.3 Å². The predicted molar refractivity (Wildman–Crippen MR) is 84.3 cm³/mol. The summed E-state index contributed by atoms with van der Waals surface area (Å²) in [6, 6.07) is 7.76. The fourth-order valence-electron chi connectivity index (χ4n) is 2.20. The summed E-state index contributed by atoms with van der Waals surface area (Å²) in [5, 5.41) is 4.72. The van der Waals surface area contributed by atoms with Crippen molar-refractivity contribution in [3.05, 3.63) is 45.4 Å². The Hall–Kier alpha value is -1.73. The van der Waals surface area contributed by atoms with Crippen LogP contribution in [0.15, 0.2) is 34.1 Å². The highest BCUT2D eigenvalue weighted by Gasteiger charge is 2.51. The lowest BCUT2D eigenvalue weighted by Crippen LogP contribution is -2.27. The Morgan fingerprint density at radius 2 is 1.95 bits per heavy atom. The van der Waals surface area contributed by atoms with Gasteiger partial charge in [0.25, 0.3) is 5.91 Å². The van der Waals surface area contributed by atoms with E-state index in [0.717, 1.165) is 22.9 Å². The van der Waals surface area contributed by atoms with Crippen molar-refractivity contribution in [1.82, 2.24) is 4.98 Å². The Labute approximate surface area is 133 Å². The van der Waals surface area contributed by atoms with E-state index in [9.17, 15) is 9.59 Å². The molecule has 1 heterocycles. The number of nitrogens with zero attached hydrogens (tertiary/aromatic N) is 1. The highest BCUT2D eigenvalue weighted by atomic mass is 79.9. The van der Waals surface area contributed by atoms with Gasteiger partial charge in [-0.05, 0) is 30.5 Å². The van der Waals surface area contributed by atoms with Gasteiger partial charge >= 0.3 is 0 Å². The molecule has 1 aromatic heterocycles. The maximum atomic E-state index is 12.5. The van der Waals surface area contributed by atoms with E-state index in [1.165, 1.54) is 16.7 Å². The molecule has 1 aromatic carbocycles. The first-order valence-electron chi connectivity index (χ1n) is 6.34. The maximum Gasteiger partial charge on any atom is 0.268 e. The molecule has 7 heteroatoms. The monoisotopic (exact) mass is 365 g/mol. The summed E-state index contributed by atoms with van der Waals surface area (Å²) in [5.74, 6) is -0.684. The summed E-state index contributed by atoms with van der Waals surface area (Å²) in [6.07, 6.45) is 1.63. The van der Waals surface area contributed by atoms with E-state index in [0.29, 0.717) is 5.13 Å². The van der Waals surface area contributed by atoms with E-state index in [4.69, 9.17) is 5.73 Å². The molecule has 0 aliphatic heterocycles. The first-order valence-corrected chi connectivity index (χ1v) is 8.01. The van der Waals surface area contributed by atoms with Crippen LogP contribution in [0.2, 0.25) is 0 Å². The highest BCUT2D eigenvalue weighted by molar-refractivity contribution is 9.10. The minimum atomic E-state index is -0.596. The molecule has 0 atom stereocenters. The molecule has 0 saturated heterocycles. The fraction of sp³-hybridized carbons (Fsp3) is 0.214. The Kier molecular flexibility index (Phi) is 3.54. The number of hydrogen-bond acceptors (Lipinski definition) is 4. The topological polar surface area (TPSA) is 85.1 Å². The molecule has 3 rings (SSSR count). The van der Waals surface area contributed by atoms with Crippen LogP contribution in [0.1, 0.15) is 28.9 Å². The third-order valence-electron chi connectivity index (χ3n) is 3.56. The molecule has 2 aromatic rings. The number of benzene rings is 1. The van der Waals surface area contributed by atoms with E-state index in [1.807, 2.05) is 24.3 Å². The number of nitrogens with one attached hydrogen (secondary N) is 1. The van der Waals surface area contributed by atoms with Gasteiger partial charge in [0.2, 0.25) is 5.91 Å². The number of nitrogens with two attached hydrogens (primary N) is 1. The van der Waals surface area contributed by atoms with Crippen molar-refractivity contribution in [3.8, 4) is 0 Å². The van der Waals surface area contributed by atoms with Gasteiger partial charge < -0.3 is 11.1 Å². The Morgan fingerprint density at radius 3 is 2.48 bits per heavy atom. The molecule has 1 aliphatic carbocycles. The lowest BCUT2D eigenvalue weighted by molar-refractivity contribution is -0.118. The summed E-state index contributed by atoms with van der Waals surface area (Å²) in [7, 11) is 0. The second-order valence-corrected chi connectivity index (χ2v) is 6.72. The quantitative estimate of drug-likeness (QED) is 0.873. The van der Waals surface area contributed by atoms with Crippen LogP contribution in [-0.2, 0) is 10.2 Å². The molecular formula is C14H12BrN3O2S. The second kappa shape index (κ2) is 5.23. The van der Waals surface area contributed by atoms with Gasteiger partial charge in [-0.3, -0.25) is 9.59 Å². The van der Waals surface area contributed by atoms with Gasteiger partial charge in [0.15, 0.2) is 5.13 Å². The minimum absolute atomic E-state index is 0.0878. The van der Waals surface area contributed by atoms with Gasteiger partial charge in [-0.2, -0.15) is 0 Å². The molecule has 1 saturated carbocycles. The molecule has 108 valence electrons. The van der Waals surface area contributed by atoms with Crippen LogP contribution in [-0.4, -0.2) is 16.8 Å². The number of hydrogen-bond donors (Lipinski definition) is 2. The summed E-state index contributed by atoms with van der Waals surface area (Å²) < 4.78 is 0.980. The standard InChI is InChI=1S/C14H12BrN3O2S/c15-9-3-1-8(2-4-9)14(5-6-14)12(20)18-13-17-10(7-21-13)11(16)19/h1-4,7H,5-6H2,(H2,16,19)(H,17,18,20). The maximum absolute atomic E-state index is 12.5. The molecule has 0 unspecified atom stereocenters. The third kappa shape index (κ3) is 2.71. The number of aromatic nitrogens is 1. The van der Waals surface area contributed by atoms with Crippen LogP contribution < -0.4 is 11.1 Å². The van der Waals surface area contributed by atoms with Crippen LogP contribution in [0.4, 0.5) is 5.13 Å². The zero-order valence-corrected chi connectivity index (χ0v) is 13.3. The van der Waals surface area contributed by atoms with Crippen molar-refractivity contribution in [2.75, 3.05) is 5.32 Å². The molecule has 0 spiro atoms. The SMILES string of the molecule is NC(=O)c1csc(NC(=O)C2(c3ccc(Br)cc3)CC2)n1. The number of carbonyl (C=O) groups excluding carboxylic acids is 2.